The standard InChI is InChI=1S/C26H33N5O3/c1-4-9-19-15-23(31(3)30-19)25(33)27-16-22-17(2)34-26(29-22)20-12-7-8-13-21(20)28-24(32)14-18-10-5-6-11-18/h7-8,12-13,15,18H,4-6,9-11,14,16H2,1-3H3,(H,27,33)(H,28,32). The van der Waals surface area contributed by atoms with Crippen LogP contribution in [0, 0.1) is 12.8 Å². The van der Waals surface area contributed by atoms with Gasteiger partial charge in [-0.3, -0.25) is 14.3 Å². The molecule has 3 aromatic rings. The fourth-order valence-electron chi connectivity index (χ4n) is 4.54. The highest BCUT2D eigenvalue weighted by molar-refractivity contribution is 5.95. The maximum atomic E-state index is 12.7. The van der Waals surface area contributed by atoms with E-state index in [2.05, 4.69) is 27.6 Å². The average molecular weight is 464 g/mol. The fraction of sp³-hybridized carbons (Fsp3) is 0.462. The second-order valence-electron chi connectivity index (χ2n) is 9.05. The number of rotatable bonds is 9. The van der Waals surface area contributed by atoms with E-state index in [1.165, 1.54) is 12.8 Å². The molecule has 4 rings (SSSR count). The molecular formula is C26H33N5O3. The van der Waals surface area contributed by atoms with E-state index < -0.39 is 0 Å². The van der Waals surface area contributed by atoms with Gasteiger partial charge in [0, 0.05) is 13.5 Å². The average Bonchev–Trinajstić information content (AvgIpc) is 3.53. The van der Waals surface area contributed by atoms with Crippen molar-refractivity contribution in [2.75, 3.05) is 5.32 Å². The third-order valence-electron chi connectivity index (χ3n) is 6.36. The van der Waals surface area contributed by atoms with Crippen molar-refractivity contribution in [3.8, 4) is 11.5 Å². The molecule has 2 heterocycles. The highest BCUT2D eigenvalue weighted by Gasteiger charge is 2.21. The molecule has 2 N–H and O–H groups in total. The van der Waals surface area contributed by atoms with Gasteiger partial charge in [0.15, 0.2) is 0 Å². The molecule has 0 atom stereocenters. The number of hydrogen-bond donors (Lipinski definition) is 2. The van der Waals surface area contributed by atoms with Crippen molar-refractivity contribution >= 4 is 17.5 Å². The number of aromatic nitrogens is 3. The van der Waals surface area contributed by atoms with Crippen LogP contribution in [0.3, 0.4) is 0 Å². The summed E-state index contributed by atoms with van der Waals surface area (Å²) in [6.07, 6.45) is 7.03. The highest BCUT2D eigenvalue weighted by atomic mass is 16.4. The van der Waals surface area contributed by atoms with E-state index in [1.54, 1.807) is 11.7 Å². The Balaban J connectivity index is 1.43. The van der Waals surface area contributed by atoms with Crippen molar-refractivity contribution in [1.82, 2.24) is 20.1 Å². The highest BCUT2D eigenvalue weighted by Crippen LogP contribution is 2.31. The molecule has 1 aliphatic carbocycles. The van der Waals surface area contributed by atoms with Gasteiger partial charge in [0.1, 0.15) is 17.1 Å². The van der Waals surface area contributed by atoms with Gasteiger partial charge < -0.3 is 15.1 Å². The zero-order valence-electron chi connectivity index (χ0n) is 20.2. The molecule has 1 saturated carbocycles. The minimum absolute atomic E-state index is 0.0220. The van der Waals surface area contributed by atoms with Crippen LogP contribution in [0.2, 0.25) is 0 Å². The number of anilines is 1. The minimum atomic E-state index is -0.208. The van der Waals surface area contributed by atoms with Gasteiger partial charge >= 0.3 is 0 Å². The van der Waals surface area contributed by atoms with Gasteiger partial charge in [-0.05, 0) is 50.3 Å². The Morgan fingerprint density at radius 1 is 1.21 bits per heavy atom. The Hall–Kier alpha value is -3.42. The largest absolute Gasteiger partial charge is 0.441 e. The number of nitrogens with one attached hydrogen (secondary N) is 2. The predicted octanol–water partition coefficient (Wildman–Crippen LogP) is 4.78. The molecule has 2 amide bonds. The van der Waals surface area contributed by atoms with Gasteiger partial charge in [-0.1, -0.05) is 38.3 Å². The first-order chi connectivity index (χ1) is 16.4. The van der Waals surface area contributed by atoms with Gasteiger partial charge in [-0.25, -0.2) is 4.98 Å². The van der Waals surface area contributed by atoms with E-state index in [0.29, 0.717) is 41.1 Å². The first-order valence-electron chi connectivity index (χ1n) is 12.1. The fourth-order valence-corrected chi connectivity index (χ4v) is 4.54. The van der Waals surface area contributed by atoms with E-state index in [4.69, 9.17) is 4.42 Å². The number of hydrogen-bond acceptors (Lipinski definition) is 5. The second-order valence-corrected chi connectivity index (χ2v) is 9.05. The molecule has 1 fully saturated rings. The number of para-hydroxylation sites is 1. The number of oxazole rings is 1. The zero-order valence-corrected chi connectivity index (χ0v) is 20.2. The number of carbonyl (C=O) groups excluding carboxylic acids is 2. The molecule has 0 aliphatic heterocycles. The number of amides is 2. The Labute approximate surface area is 200 Å². The van der Waals surface area contributed by atoms with Crippen LogP contribution < -0.4 is 10.6 Å². The lowest BCUT2D eigenvalue weighted by molar-refractivity contribution is -0.117. The van der Waals surface area contributed by atoms with Crippen molar-refractivity contribution in [3.05, 3.63) is 53.2 Å². The van der Waals surface area contributed by atoms with Crippen LogP contribution in [0.4, 0.5) is 5.69 Å². The van der Waals surface area contributed by atoms with Gasteiger partial charge in [-0.15, -0.1) is 0 Å². The van der Waals surface area contributed by atoms with Crippen LogP contribution in [0.5, 0.6) is 0 Å². The molecule has 0 bridgehead atoms. The van der Waals surface area contributed by atoms with E-state index in [0.717, 1.165) is 36.9 Å². The summed E-state index contributed by atoms with van der Waals surface area (Å²) < 4.78 is 7.53. The molecule has 0 unspecified atom stereocenters. The van der Waals surface area contributed by atoms with Crippen molar-refractivity contribution < 1.29 is 14.0 Å². The third-order valence-corrected chi connectivity index (χ3v) is 6.36. The van der Waals surface area contributed by atoms with Crippen LogP contribution in [-0.4, -0.2) is 26.6 Å². The quantitative estimate of drug-likeness (QED) is 0.475. The lowest BCUT2D eigenvalue weighted by Crippen LogP contribution is -2.25. The maximum Gasteiger partial charge on any atom is 0.269 e. The summed E-state index contributed by atoms with van der Waals surface area (Å²) in [5.41, 5.74) is 3.47. The van der Waals surface area contributed by atoms with Gasteiger partial charge in [0.25, 0.3) is 5.91 Å². The molecule has 1 aliphatic rings. The predicted molar refractivity (Wildman–Crippen MR) is 130 cm³/mol. The van der Waals surface area contributed by atoms with Gasteiger partial charge in [-0.2, -0.15) is 5.10 Å². The summed E-state index contributed by atoms with van der Waals surface area (Å²) in [6, 6.07) is 9.33. The summed E-state index contributed by atoms with van der Waals surface area (Å²) in [5, 5.41) is 10.3. The van der Waals surface area contributed by atoms with E-state index in [1.807, 2.05) is 37.3 Å². The SMILES string of the molecule is CCCc1cc(C(=O)NCc2nc(-c3ccccc3NC(=O)CC3CCCC3)oc2C)n(C)n1. The molecule has 34 heavy (non-hydrogen) atoms. The van der Waals surface area contributed by atoms with Crippen LogP contribution in [0.25, 0.3) is 11.5 Å². The summed E-state index contributed by atoms with van der Waals surface area (Å²) in [6.45, 7) is 4.14. The number of benzene rings is 1. The normalized spacial score (nSPS) is 13.9. The summed E-state index contributed by atoms with van der Waals surface area (Å²) in [7, 11) is 1.77. The Kier molecular flexibility index (Phi) is 7.45. The zero-order chi connectivity index (χ0) is 24.1. The van der Waals surface area contributed by atoms with Crippen molar-refractivity contribution in [2.24, 2.45) is 13.0 Å². The Morgan fingerprint density at radius 2 is 1.97 bits per heavy atom. The van der Waals surface area contributed by atoms with Gasteiger partial charge in [0.2, 0.25) is 11.8 Å². The van der Waals surface area contributed by atoms with E-state index in [-0.39, 0.29) is 18.4 Å². The molecule has 0 spiro atoms. The minimum Gasteiger partial charge on any atom is -0.441 e. The Morgan fingerprint density at radius 3 is 2.74 bits per heavy atom. The molecule has 1 aromatic carbocycles. The van der Waals surface area contributed by atoms with E-state index in [9.17, 15) is 9.59 Å². The smallest absolute Gasteiger partial charge is 0.269 e. The first-order valence-corrected chi connectivity index (χ1v) is 12.1. The lowest BCUT2D eigenvalue weighted by atomic mass is 10.0. The van der Waals surface area contributed by atoms with E-state index >= 15 is 0 Å². The summed E-state index contributed by atoms with van der Waals surface area (Å²) in [5.74, 6) is 1.33. The Bertz CT molecular complexity index is 1160. The lowest BCUT2D eigenvalue weighted by Gasteiger charge is -2.11. The van der Waals surface area contributed by atoms with Crippen molar-refractivity contribution in [1.29, 1.82) is 0 Å². The second kappa shape index (κ2) is 10.7. The van der Waals surface area contributed by atoms with Gasteiger partial charge in [0.05, 0.1) is 23.5 Å². The number of aryl methyl sites for hydroxylation is 3. The molecule has 2 aromatic heterocycles. The van der Waals surface area contributed by atoms with Crippen molar-refractivity contribution in [2.45, 2.75) is 65.3 Å². The number of nitrogens with zero attached hydrogens (tertiary/aromatic N) is 3. The number of carbonyl (C=O) groups is 2. The molecule has 0 saturated heterocycles. The van der Waals surface area contributed by atoms with Crippen LogP contribution in [0.15, 0.2) is 34.7 Å². The maximum absolute atomic E-state index is 12.7. The van der Waals surface area contributed by atoms with Crippen molar-refractivity contribution in [3.63, 3.8) is 0 Å². The molecule has 180 valence electrons. The molecule has 0 radical (unpaired) electrons. The first kappa shape index (κ1) is 23.7. The van der Waals surface area contributed by atoms with Crippen LogP contribution in [0.1, 0.15) is 73.1 Å². The topological polar surface area (TPSA) is 102 Å². The molecule has 8 nitrogen and oxygen atoms in total. The third kappa shape index (κ3) is 5.55. The molecule has 8 heteroatoms. The van der Waals surface area contributed by atoms with Crippen LogP contribution >= 0.6 is 0 Å². The monoisotopic (exact) mass is 463 g/mol. The van der Waals surface area contributed by atoms with Crippen LogP contribution in [-0.2, 0) is 24.8 Å². The molecular weight excluding hydrogens is 430 g/mol. The summed E-state index contributed by atoms with van der Waals surface area (Å²) >= 11 is 0. The summed E-state index contributed by atoms with van der Waals surface area (Å²) in [4.78, 5) is 29.9.